The maximum absolute atomic E-state index is 10.6. The Hall–Kier alpha value is -1.68. The Morgan fingerprint density at radius 2 is 2.20 bits per heavy atom. The monoisotopic (exact) mass is 222 g/mol. The highest BCUT2D eigenvalue weighted by Crippen LogP contribution is 2.22. The molecule has 0 unspecified atom stereocenters. The lowest BCUT2D eigenvalue weighted by Crippen LogP contribution is -2.03. The van der Waals surface area contributed by atoms with Crippen LogP contribution in [-0.4, -0.2) is 21.0 Å². The summed E-state index contributed by atoms with van der Waals surface area (Å²) in [6.07, 6.45) is 1.20. The minimum atomic E-state index is -0.921. The Morgan fingerprint density at radius 1 is 1.40 bits per heavy atom. The van der Waals surface area contributed by atoms with E-state index in [4.69, 9.17) is 16.7 Å². The molecule has 76 valence electrons. The zero-order valence-corrected chi connectivity index (χ0v) is 8.40. The molecular formula is C10H7ClN2O2. The van der Waals surface area contributed by atoms with E-state index in [9.17, 15) is 4.79 Å². The fraction of sp³-hybridized carbons (Fsp3) is 0.100. The number of hydrogen-bond donors (Lipinski definition) is 1. The van der Waals surface area contributed by atoms with Crippen molar-refractivity contribution < 1.29 is 9.90 Å². The number of benzene rings is 1. The summed E-state index contributed by atoms with van der Waals surface area (Å²) in [4.78, 5) is 18.6. The lowest BCUT2D eigenvalue weighted by Gasteiger charge is -2.03. The van der Waals surface area contributed by atoms with E-state index in [0.717, 1.165) is 0 Å². The lowest BCUT2D eigenvalue weighted by molar-refractivity contribution is -0.136. The average molecular weight is 223 g/mol. The molecule has 0 saturated heterocycles. The molecule has 1 heterocycles. The number of fused-ring (bicyclic) bond motifs is 1. The van der Waals surface area contributed by atoms with Gasteiger partial charge < -0.3 is 5.11 Å². The highest BCUT2D eigenvalue weighted by molar-refractivity contribution is 6.35. The normalized spacial score (nSPS) is 10.5. The Balaban J connectivity index is 2.65. The summed E-state index contributed by atoms with van der Waals surface area (Å²) in [6, 6.07) is 5.22. The third kappa shape index (κ3) is 1.89. The van der Waals surface area contributed by atoms with E-state index in [1.807, 2.05) is 0 Å². The first kappa shape index (κ1) is 9.86. The van der Waals surface area contributed by atoms with Gasteiger partial charge in [0.15, 0.2) is 0 Å². The summed E-state index contributed by atoms with van der Waals surface area (Å²) in [5, 5.41) is 9.89. The van der Waals surface area contributed by atoms with Crippen molar-refractivity contribution in [3.05, 3.63) is 35.2 Å². The summed E-state index contributed by atoms with van der Waals surface area (Å²) in [5.74, 6) is -0.921. The largest absolute Gasteiger partial charge is 0.481 e. The highest BCUT2D eigenvalue weighted by atomic mass is 35.5. The minimum Gasteiger partial charge on any atom is -0.481 e. The van der Waals surface area contributed by atoms with Gasteiger partial charge in [0.25, 0.3) is 0 Å². The average Bonchev–Trinajstić information content (AvgIpc) is 2.19. The molecule has 0 radical (unpaired) electrons. The topological polar surface area (TPSA) is 63.1 Å². The van der Waals surface area contributed by atoms with Gasteiger partial charge in [-0.2, -0.15) is 0 Å². The number of carboxylic acids is 1. The van der Waals surface area contributed by atoms with Gasteiger partial charge in [0.05, 0.1) is 22.7 Å². The third-order valence-corrected chi connectivity index (χ3v) is 2.32. The second-order valence-electron chi connectivity index (χ2n) is 3.03. The van der Waals surface area contributed by atoms with Crippen LogP contribution in [0, 0.1) is 0 Å². The van der Waals surface area contributed by atoms with Gasteiger partial charge in [0.2, 0.25) is 0 Å². The van der Waals surface area contributed by atoms with Crippen LogP contribution in [0.15, 0.2) is 24.5 Å². The molecule has 0 aliphatic carbocycles. The Morgan fingerprint density at radius 3 is 2.93 bits per heavy atom. The Bertz CT molecular complexity index is 528. The van der Waals surface area contributed by atoms with E-state index in [2.05, 4.69) is 9.97 Å². The Kier molecular flexibility index (Phi) is 2.51. The van der Waals surface area contributed by atoms with Gasteiger partial charge in [-0.3, -0.25) is 4.79 Å². The minimum absolute atomic E-state index is 0.126. The zero-order chi connectivity index (χ0) is 10.8. The summed E-state index contributed by atoms with van der Waals surface area (Å²) >= 11 is 5.93. The van der Waals surface area contributed by atoms with Gasteiger partial charge in [-0.25, -0.2) is 9.97 Å². The van der Waals surface area contributed by atoms with Crippen LogP contribution in [0.2, 0.25) is 5.02 Å². The molecule has 5 heteroatoms. The van der Waals surface area contributed by atoms with Crippen molar-refractivity contribution in [2.45, 2.75) is 6.42 Å². The van der Waals surface area contributed by atoms with Crippen LogP contribution in [0.25, 0.3) is 10.9 Å². The molecule has 2 aromatic rings. The number of para-hydroxylation sites is 1. The maximum Gasteiger partial charge on any atom is 0.309 e. The molecule has 0 spiro atoms. The first-order chi connectivity index (χ1) is 7.18. The molecule has 0 aliphatic rings. The van der Waals surface area contributed by atoms with Crippen molar-refractivity contribution in [1.82, 2.24) is 9.97 Å². The molecule has 0 amide bonds. The molecule has 1 N–H and O–H groups in total. The summed E-state index contributed by atoms with van der Waals surface area (Å²) in [7, 11) is 0. The summed E-state index contributed by atoms with van der Waals surface area (Å²) < 4.78 is 0. The summed E-state index contributed by atoms with van der Waals surface area (Å²) in [5.41, 5.74) is 1.07. The number of carboxylic acid groups (broad SMARTS) is 1. The van der Waals surface area contributed by atoms with E-state index >= 15 is 0 Å². The van der Waals surface area contributed by atoms with Gasteiger partial charge in [0, 0.05) is 5.39 Å². The van der Waals surface area contributed by atoms with E-state index in [-0.39, 0.29) is 6.42 Å². The van der Waals surface area contributed by atoms with Crippen LogP contribution < -0.4 is 0 Å². The number of carbonyl (C=O) groups is 1. The standard InChI is InChI=1S/C10H7ClN2O2/c11-7-3-1-2-6-8(4-9(14)15)12-5-13-10(6)7/h1-3,5H,4H2,(H,14,15). The van der Waals surface area contributed by atoms with Gasteiger partial charge in [-0.05, 0) is 6.07 Å². The predicted molar refractivity (Wildman–Crippen MR) is 55.9 cm³/mol. The smallest absolute Gasteiger partial charge is 0.309 e. The second kappa shape index (κ2) is 3.82. The number of aromatic nitrogens is 2. The number of rotatable bonds is 2. The first-order valence-corrected chi connectivity index (χ1v) is 4.66. The van der Waals surface area contributed by atoms with Crippen molar-refractivity contribution >= 4 is 28.5 Å². The van der Waals surface area contributed by atoms with Crippen molar-refractivity contribution in [3.63, 3.8) is 0 Å². The second-order valence-corrected chi connectivity index (χ2v) is 3.43. The van der Waals surface area contributed by atoms with E-state index in [1.54, 1.807) is 18.2 Å². The molecule has 0 saturated carbocycles. The maximum atomic E-state index is 10.6. The van der Waals surface area contributed by atoms with E-state index in [1.165, 1.54) is 6.33 Å². The molecule has 0 atom stereocenters. The highest BCUT2D eigenvalue weighted by Gasteiger charge is 2.08. The molecular weight excluding hydrogens is 216 g/mol. The zero-order valence-electron chi connectivity index (χ0n) is 7.64. The molecule has 15 heavy (non-hydrogen) atoms. The lowest BCUT2D eigenvalue weighted by atomic mass is 10.1. The van der Waals surface area contributed by atoms with Crippen molar-refractivity contribution in [1.29, 1.82) is 0 Å². The molecule has 1 aromatic carbocycles. The van der Waals surface area contributed by atoms with Gasteiger partial charge in [-0.1, -0.05) is 23.7 Å². The molecule has 0 fully saturated rings. The molecule has 4 nitrogen and oxygen atoms in total. The van der Waals surface area contributed by atoms with Crippen LogP contribution in [0.3, 0.4) is 0 Å². The van der Waals surface area contributed by atoms with E-state index < -0.39 is 5.97 Å². The number of hydrogen-bond acceptors (Lipinski definition) is 3. The van der Waals surface area contributed by atoms with Crippen molar-refractivity contribution in [3.8, 4) is 0 Å². The molecule has 1 aromatic heterocycles. The fourth-order valence-corrected chi connectivity index (χ4v) is 1.61. The predicted octanol–water partition coefficient (Wildman–Crippen LogP) is 1.91. The number of aliphatic carboxylic acids is 1. The van der Waals surface area contributed by atoms with E-state index in [0.29, 0.717) is 21.6 Å². The fourth-order valence-electron chi connectivity index (χ4n) is 1.39. The first-order valence-electron chi connectivity index (χ1n) is 4.28. The summed E-state index contributed by atoms with van der Waals surface area (Å²) in [6.45, 7) is 0. The quantitative estimate of drug-likeness (QED) is 0.843. The molecule has 0 bridgehead atoms. The Labute approximate surface area is 90.5 Å². The van der Waals surface area contributed by atoms with Gasteiger partial charge in [-0.15, -0.1) is 0 Å². The SMILES string of the molecule is O=C(O)Cc1ncnc2c(Cl)cccc12. The van der Waals surface area contributed by atoms with Gasteiger partial charge in [0.1, 0.15) is 6.33 Å². The van der Waals surface area contributed by atoms with Crippen LogP contribution in [0.4, 0.5) is 0 Å². The number of halogens is 1. The van der Waals surface area contributed by atoms with Gasteiger partial charge >= 0.3 is 5.97 Å². The van der Waals surface area contributed by atoms with Crippen molar-refractivity contribution in [2.75, 3.05) is 0 Å². The number of nitrogens with zero attached hydrogens (tertiary/aromatic N) is 2. The van der Waals surface area contributed by atoms with Crippen LogP contribution in [-0.2, 0) is 11.2 Å². The van der Waals surface area contributed by atoms with Crippen LogP contribution in [0.1, 0.15) is 5.69 Å². The van der Waals surface area contributed by atoms with Crippen LogP contribution >= 0.6 is 11.6 Å². The van der Waals surface area contributed by atoms with Crippen LogP contribution in [0.5, 0.6) is 0 Å². The molecule has 2 rings (SSSR count). The third-order valence-electron chi connectivity index (χ3n) is 2.02. The molecule has 0 aliphatic heterocycles. The van der Waals surface area contributed by atoms with Crippen molar-refractivity contribution in [2.24, 2.45) is 0 Å².